The average molecular weight is 168 g/mol. The van der Waals surface area contributed by atoms with Gasteiger partial charge in [0.25, 0.3) is 0 Å². The topological polar surface area (TPSA) is 95.1 Å². The van der Waals surface area contributed by atoms with Gasteiger partial charge in [-0.25, -0.2) is 4.99 Å². The largest absolute Gasteiger partial charge is 0.370 e. The lowest BCUT2D eigenvalue weighted by molar-refractivity contribution is 0.684. The first-order valence-electron chi connectivity index (χ1n) is 3.54. The number of nitrogens with zero attached hydrogens (tertiary/aromatic N) is 4. The first-order valence-corrected chi connectivity index (χ1v) is 3.54. The molecule has 0 saturated carbocycles. The van der Waals surface area contributed by atoms with Crippen LogP contribution in [-0.2, 0) is 7.05 Å². The van der Waals surface area contributed by atoms with Crippen molar-refractivity contribution in [3.05, 3.63) is 12.2 Å². The van der Waals surface area contributed by atoms with E-state index in [0.717, 1.165) is 5.82 Å². The van der Waals surface area contributed by atoms with E-state index in [9.17, 15) is 0 Å². The number of hydrogen-bond acceptors (Lipinski definition) is 3. The zero-order valence-corrected chi connectivity index (χ0v) is 7.10. The second-order valence-corrected chi connectivity index (χ2v) is 2.53. The van der Waals surface area contributed by atoms with Gasteiger partial charge < -0.3 is 16.0 Å². The second-order valence-electron chi connectivity index (χ2n) is 2.53. The quantitative estimate of drug-likeness (QED) is 0.444. The molecule has 1 atom stereocenters. The molecule has 12 heavy (non-hydrogen) atoms. The van der Waals surface area contributed by atoms with Gasteiger partial charge in [0.15, 0.2) is 11.8 Å². The molecule has 0 amide bonds. The number of hydrogen-bond donors (Lipinski definition) is 2. The molecular formula is C6H12N6. The number of aryl methyl sites for hydroxylation is 1. The molecule has 1 unspecified atom stereocenters. The molecule has 0 fully saturated rings. The summed E-state index contributed by atoms with van der Waals surface area (Å²) in [6.45, 7) is 1.85. The molecule has 1 aromatic heterocycles. The summed E-state index contributed by atoms with van der Waals surface area (Å²) in [5, 5.41) is 7.58. The van der Waals surface area contributed by atoms with Gasteiger partial charge in [0.05, 0.1) is 0 Å². The Bertz CT molecular complexity index is 284. The van der Waals surface area contributed by atoms with Crippen LogP contribution < -0.4 is 11.5 Å². The van der Waals surface area contributed by atoms with Crippen LogP contribution in [-0.4, -0.2) is 20.7 Å². The highest BCUT2D eigenvalue weighted by Crippen LogP contribution is 2.11. The smallest absolute Gasteiger partial charge is 0.186 e. The summed E-state index contributed by atoms with van der Waals surface area (Å²) in [6.07, 6.45) is 1.61. The minimum atomic E-state index is -0.150. The molecule has 0 aliphatic heterocycles. The number of rotatable bonds is 2. The van der Waals surface area contributed by atoms with Crippen molar-refractivity contribution in [1.29, 1.82) is 0 Å². The van der Waals surface area contributed by atoms with E-state index in [2.05, 4.69) is 15.2 Å². The predicted octanol–water partition coefficient (Wildman–Crippen LogP) is -0.850. The van der Waals surface area contributed by atoms with Gasteiger partial charge in [0, 0.05) is 7.05 Å². The van der Waals surface area contributed by atoms with Crippen LogP contribution in [0.2, 0.25) is 0 Å². The molecule has 0 bridgehead atoms. The molecule has 6 nitrogen and oxygen atoms in total. The van der Waals surface area contributed by atoms with Crippen molar-refractivity contribution in [3.63, 3.8) is 0 Å². The zero-order valence-electron chi connectivity index (χ0n) is 7.10. The van der Waals surface area contributed by atoms with E-state index in [1.54, 1.807) is 10.9 Å². The van der Waals surface area contributed by atoms with E-state index in [1.807, 2.05) is 14.0 Å². The Balaban J connectivity index is 2.85. The summed E-state index contributed by atoms with van der Waals surface area (Å²) in [4.78, 5) is 3.93. The third kappa shape index (κ3) is 1.71. The fourth-order valence-corrected chi connectivity index (χ4v) is 0.952. The van der Waals surface area contributed by atoms with Crippen molar-refractivity contribution in [1.82, 2.24) is 14.8 Å². The van der Waals surface area contributed by atoms with E-state index in [0.29, 0.717) is 0 Å². The predicted molar refractivity (Wildman–Crippen MR) is 45.2 cm³/mol. The lowest BCUT2D eigenvalue weighted by atomic mass is 10.3. The molecule has 6 heteroatoms. The number of guanidine groups is 1. The molecule has 0 aliphatic carbocycles. The Morgan fingerprint density at radius 1 is 1.67 bits per heavy atom. The van der Waals surface area contributed by atoms with Crippen molar-refractivity contribution in [2.24, 2.45) is 23.5 Å². The van der Waals surface area contributed by atoms with Gasteiger partial charge in [-0.3, -0.25) is 0 Å². The SMILES string of the molecule is CC(N=C(N)N)c1nncn1C. The molecule has 0 aliphatic rings. The lowest BCUT2D eigenvalue weighted by Gasteiger charge is -2.04. The van der Waals surface area contributed by atoms with Crippen molar-refractivity contribution >= 4 is 5.96 Å². The maximum atomic E-state index is 5.22. The maximum absolute atomic E-state index is 5.22. The summed E-state index contributed by atoms with van der Waals surface area (Å²) >= 11 is 0. The monoisotopic (exact) mass is 168 g/mol. The highest BCUT2D eigenvalue weighted by atomic mass is 15.3. The Morgan fingerprint density at radius 2 is 2.33 bits per heavy atom. The first-order chi connectivity index (χ1) is 5.61. The van der Waals surface area contributed by atoms with Crippen LogP contribution in [0.3, 0.4) is 0 Å². The summed E-state index contributed by atoms with van der Waals surface area (Å²) < 4.78 is 1.77. The maximum Gasteiger partial charge on any atom is 0.186 e. The standard InChI is InChI=1S/C6H12N6/c1-4(10-6(7)8)5-11-9-3-12(5)2/h3-4H,1-2H3,(H4,7,8,10). The van der Waals surface area contributed by atoms with Crippen LogP contribution in [0.4, 0.5) is 0 Å². The molecular weight excluding hydrogens is 156 g/mol. The van der Waals surface area contributed by atoms with Crippen LogP contribution >= 0.6 is 0 Å². The van der Waals surface area contributed by atoms with E-state index in [-0.39, 0.29) is 12.0 Å². The minimum Gasteiger partial charge on any atom is -0.370 e. The minimum absolute atomic E-state index is 0.0606. The highest BCUT2D eigenvalue weighted by Gasteiger charge is 2.08. The van der Waals surface area contributed by atoms with Crippen LogP contribution in [0.5, 0.6) is 0 Å². The first kappa shape index (κ1) is 8.51. The normalized spacial score (nSPS) is 12.5. The van der Waals surface area contributed by atoms with E-state index in [1.165, 1.54) is 0 Å². The summed E-state index contributed by atoms with van der Waals surface area (Å²) in [5.74, 6) is 0.800. The van der Waals surface area contributed by atoms with Gasteiger partial charge in [-0.1, -0.05) is 0 Å². The summed E-state index contributed by atoms with van der Waals surface area (Å²) in [5.41, 5.74) is 10.4. The second kappa shape index (κ2) is 3.21. The van der Waals surface area contributed by atoms with Crippen molar-refractivity contribution in [3.8, 4) is 0 Å². The number of aromatic nitrogens is 3. The molecule has 0 radical (unpaired) electrons. The van der Waals surface area contributed by atoms with Crippen molar-refractivity contribution < 1.29 is 0 Å². The summed E-state index contributed by atoms with van der Waals surface area (Å²) in [6, 6.07) is -0.150. The van der Waals surface area contributed by atoms with Gasteiger partial charge in [-0.15, -0.1) is 10.2 Å². The van der Waals surface area contributed by atoms with E-state index < -0.39 is 0 Å². The van der Waals surface area contributed by atoms with Gasteiger partial charge in [-0.05, 0) is 6.92 Å². The van der Waals surface area contributed by atoms with Gasteiger partial charge in [0.1, 0.15) is 12.4 Å². The van der Waals surface area contributed by atoms with Crippen LogP contribution in [0.1, 0.15) is 18.8 Å². The van der Waals surface area contributed by atoms with E-state index >= 15 is 0 Å². The fourth-order valence-electron chi connectivity index (χ4n) is 0.952. The van der Waals surface area contributed by atoms with Crippen molar-refractivity contribution in [2.75, 3.05) is 0 Å². The number of aliphatic imine (C=N–C) groups is 1. The highest BCUT2D eigenvalue weighted by molar-refractivity contribution is 5.75. The summed E-state index contributed by atoms with van der Waals surface area (Å²) in [7, 11) is 1.84. The van der Waals surface area contributed by atoms with Crippen LogP contribution in [0.25, 0.3) is 0 Å². The fraction of sp³-hybridized carbons (Fsp3) is 0.500. The number of nitrogens with two attached hydrogens (primary N) is 2. The van der Waals surface area contributed by atoms with Crippen molar-refractivity contribution in [2.45, 2.75) is 13.0 Å². The lowest BCUT2D eigenvalue weighted by Crippen LogP contribution is -2.23. The van der Waals surface area contributed by atoms with Gasteiger partial charge in [-0.2, -0.15) is 0 Å². The third-order valence-electron chi connectivity index (χ3n) is 1.46. The van der Waals surface area contributed by atoms with E-state index in [4.69, 9.17) is 11.5 Å². The van der Waals surface area contributed by atoms with Crippen LogP contribution in [0.15, 0.2) is 11.3 Å². The van der Waals surface area contributed by atoms with Gasteiger partial charge in [0.2, 0.25) is 0 Å². The molecule has 0 spiro atoms. The zero-order chi connectivity index (χ0) is 9.14. The molecule has 66 valence electrons. The third-order valence-corrected chi connectivity index (χ3v) is 1.46. The Kier molecular flexibility index (Phi) is 2.27. The Labute approximate surface area is 70.3 Å². The molecule has 1 heterocycles. The molecule has 0 aromatic carbocycles. The molecule has 0 saturated heterocycles. The molecule has 1 aromatic rings. The Hall–Kier alpha value is -1.59. The molecule has 1 rings (SSSR count). The Morgan fingerprint density at radius 3 is 2.75 bits per heavy atom. The average Bonchev–Trinajstić information content (AvgIpc) is 2.33. The van der Waals surface area contributed by atoms with Crippen LogP contribution in [0, 0.1) is 0 Å². The van der Waals surface area contributed by atoms with Gasteiger partial charge >= 0.3 is 0 Å². The molecule has 4 N–H and O–H groups in total.